The molecule has 1 aliphatic rings. The van der Waals surface area contributed by atoms with Crippen LogP contribution in [0, 0.1) is 6.92 Å². The highest BCUT2D eigenvalue weighted by molar-refractivity contribution is 5.93. The molecule has 8 heteroatoms. The van der Waals surface area contributed by atoms with Crippen molar-refractivity contribution < 1.29 is 14.7 Å². The number of hydrogen-bond acceptors (Lipinski definition) is 4. The fourth-order valence-electron chi connectivity index (χ4n) is 3.44. The Kier molecular flexibility index (Phi) is 5.13. The highest BCUT2D eigenvalue weighted by Crippen LogP contribution is 2.26. The summed E-state index contributed by atoms with van der Waals surface area (Å²) in [5, 5.41) is 20.2. The number of rotatable bonds is 6. The van der Waals surface area contributed by atoms with Gasteiger partial charge in [0.1, 0.15) is 0 Å². The predicted molar refractivity (Wildman–Crippen MR) is 99.3 cm³/mol. The maximum atomic E-state index is 12.2. The third kappa shape index (κ3) is 3.80. The van der Waals surface area contributed by atoms with Crippen LogP contribution < -0.4 is 10.6 Å². The summed E-state index contributed by atoms with van der Waals surface area (Å²) in [6, 6.07) is 5.72. The van der Waals surface area contributed by atoms with Gasteiger partial charge in [0.15, 0.2) is 0 Å². The van der Waals surface area contributed by atoms with Gasteiger partial charge in [0.2, 0.25) is 0 Å². The molecule has 26 heavy (non-hydrogen) atoms. The van der Waals surface area contributed by atoms with Crippen LogP contribution in [0.1, 0.15) is 25.5 Å². The molecule has 2 aromatic rings. The van der Waals surface area contributed by atoms with E-state index in [-0.39, 0.29) is 24.7 Å². The second kappa shape index (κ2) is 7.33. The molecule has 0 radical (unpaired) electrons. The number of benzene rings is 1. The largest absolute Gasteiger partial charge is 0.480 e. The number of carboxylic acid groups (broad SMARTS) is 1. The molecule has 1 saturated carbocycles. The van der Waals surface area contributed by atoms with Gasteiger partial charge >= 0.3 is 12.0 Å². The van der Waals surface area contributed by atoms with Gasteiger partial charge in [0, 0.05) is 35.9 Å². The first-order valence-electron chi connectivity index (χ1n) is 8.84. The second-order valence-corrected chi connectivity index (χ2v) is 6.82. The van der Waals surface area contributed by atoms with Gasteiger partial charge in [0.05, 0.1) is 12.1 Å². The summed E-state index contributed by atoms with van der Waals surface area (Å²) in [6.45, 7) is 4.70. The lowest BCUT2D eigenvalue weighted by molar-refractivity contribution is -0.139. The molecular formula is C18H25N5O3. The van der Waals surface area contributed by atoms with Gasteiger partial charge in [-0.25, -0.2) is 4.79 Å². The molecule has 1 heterocycles. The van der Waals surface area contributed by atoms with Crippen LogP contribution in [0.25, 0.3) is 10.9 Å². The number of hydrogen-bond donors (Lipinski definition) is 3. The third-order valence-corrected chi connectivity index (χ3v) is 5.10. The van der Waals surface area contributed by atoms with Crippen molar-refractivity contribution in [3.05, 3.63) is 23.9 Å². The van der Waals surface area contributed by atoms with E-state index in [1.807, 2.05) is 48.7 Å². The Hall–Kier alpha value is -2.61. The van der Waals surface area contributed by atoms with Gasteiger partial charge in [-0.3, -0.25) is 14.4 Å². The van der Waals surface area contributed by atoms with Gasteiger partial charge in [-0.15, -0.1) is 0 Å². The summed E-state index contributed by atoms with van der Waals surface area (Å²) in [7, 11) is 1.89. The number of carbonyl (C=O) groups excluding carboxylic acids is 1. The molecule has 1 aromatic heterocycles. The Morgan fingerprint density at radius 1 is 1.38 bits per heavy atom. The Labute approximate surface area is 152 Å². The average molecular weight is 359 g/mol. The molecule has 8 nitrogen and oxygen atoms in total. The minimum absolute atomic E-state index is 0.0452. The predicted octanol–water partition coefficient (Wildman–Crippen LogP) is 1.94. The van der Waals surface area contributed by atoms with E-state index < -0.39 is 5.97 Å². The van der Waals surface area contributed by atoms with Crippen LogP contribution in [0.2, 0.25) is 0 Å². The normalized spacial score (nSPS) is 19.4. The van der Waals surface area contributed by atoms with E-state index in [4.69, 9.17) is 5.11 Å². The molecule has 1 aromatic carbocycles. The molecule has 3 N–H and O–H groups in total. The first-order valence-corrected chi connectivity index (χ1v) is 8.84. The van der Waals surface area contributed by atoms with Crippen molar-refractivity contribution in [3.8, 4) is 0 Å². The minimum Gasteiger partial charge on any atom is -0.480 e. The molecule has 3 rings (SSSR count). The summed E-state index contributed by atoms with van der Waals surface area (Å²) in [4.78, 5) is 25.0. The van der Waals surface area contributed by atoms with Gasteiger partial charge in [-0.1, -0.05) is 6.92 Å². The number of aromatic nitrogens is 2. The first-order chi connectivity index (χ1) is 12.4. The maximum absolute atomic E-state index is 12.2. The molecule has 0 bridgehead atoms. The number of nitrogens with one attached hydrogen (secondary N) is 2. The third-order valence-electron chi connectivity index (χ3n) is 5.10. The number of amides is 2. The zero-order chi connectivity index (χ0) is 18.8. The Balaban J connectivity index is 1.52. The van der Waals surface area contributed by atoms with E-state index in [1.54, 1.807) is 0 Å². The summed E-state index contributed by atoms with van der Waals surface area (Å²) < 4.78 is 1.82. The molecule has 0 atom stereocenters. The second-order valence-electron chi connectivity index (χ2n) is 6.82. The number of carbonyl (C=O) groups is 2. The van der Waals surface area contributed by atoms with E-state index in [0.717, 1.165) is 29.4 Å². The zero-order valence-electron chi connectivity index (χ0n) is 15.3. The Morgan fingerprint density at radius 2 is 2.12 bits per heavy atom. The van der Waals surface area contributed by atoms with Crippen molar-refractivity contribution in [1.82, 2.24) is 20.0 Å². The summed E-state index contributed by atoms with van der Waals surface area (Å²) in [5.41, 5.74) is 2.63. The van der Waals surface area contributed by atoms with Crippen molar-refractivity contribution in [1.29, 1.82) is 0 Å². The Bertz CT molecular complexity index is 826. The molecule has 0 unspecified atom stereocenters. The summed E-state index contributed by atoms with van der Waals surface area (Å²) in [5.74, 6) is -0.818. The van der Waals surface area contributed by atoms with Crippen LogP contribution in [0.5, 0.6) is 0 Å². The van der Waals surface area contributed by atoms with Crippen LogP contribution >= 0.6 is 0 Å². The standard InChI is InChI=1S/C18H25N5O3/c1-4-23(10-17(24)25)14-7-13(8-14)20-18(26)19-12-5-6-15-11(2)22(3)21-16(15)9-12/h5-6,9,13-14H,4,7-8,10H2,1-3H3,(H,24,25)(H2,19,20,26). The molecular weight excluding hydrogens is 334 g/mol. The van der Waals surface area contributed by atoms with E-state index >= 15 is 0 Å². The molecule has 0 saturated heterocycles. The fourth-order valence-corrected chi connectivity index (χ4v) is 3.44. The number of aryl methyl sites for hydroxylation is 2. The van der Waals surface area contributed by atoms with Crippen LogP contribution in [0.3, 0.4) is 0 Å². The van der Waals surface area contributed by atoms with Gasteiger partial charge in [-0.2, -0.15) is 5.10 Å². The number of nitrogens with zero attached hydrogens (tertiary/aromatic N) is 3. The quantitative estimate of drug-likeness (QED) is 0.732. The topological polar surface area (TPSA) is 99.5 Å². The van der Waals surface area contributed by atoms with Crippen molar-refractivity contribution in [2.45, 2.75) is 38.8 Å². The van der Waals surface area contributed by atoms with E-state index in [1.165, 1.54) is 0 Å². The summed E-state index contributed by atoms with van der Waals surface area (Å²) in [6.07, 6.45) is 1.54. The number of aliphatic carboxylic acids is 1. The van der Waals surface area contributed by atoms with Crippen LogP contribution in [0.4, 0.5) is 10.5 Å². The van der Waals surface area contributed by atoms with Crippen LogP contribution in [-0.4, -0.2) is 57.0 Å². The Morgan fingerprint density at radius 3 is 2.77 bits per heavy atom. The van der Waals surface area contributed by atoms with E-state index in [9.17, 15) is 9.59 Å². The van der Waals surface area contributed by atoms with E-state index in [0.29, 0.717) is 12.2 Å². The lowest BCUT2D eigenvalue weighted by atomic mass is 9.85. The van der Waals surface area contributed by atoms with Crippen molar-refractivity contribution in [2.75, 3.05) is 18.4 Å². The van der Waals surface area contributed by atoms with Gasteiger partial charge < -0.3 is 15.7 Å². The number of urea groups is 1. The molecule has 1 fully saturated rings. The van der Waals surface area contributed by atoms with Crippen LogP contribution in [-0.2, 0) is 11.8 Å². The summed E-state index contributed by atoms with van der Waals surface area (Å²) >= 11 is 0. The van der Waals surface area contributed by atoms with Gasteiger partial charge in [-0.05, 0) is 44.5 Å². The van der Waals surface area contributed by atoms with Crippen molar-refractivity contribution >= 4 is 28.6 Å². The fraction of sp³-hybridized carbons (Fsp3) is 0.500. The van der Waals surface area contributed by atoms with E-state index in [2.05, 4.69) is 15.7 Å². The molecule has 140 valence electrons. The monoisotopic (exact) mass is 359 g/mol. The smallest absolute Gasteiger partial charge is 0.319 e. The molecule has 2 amide bonds. The molecule has 0 spiro atoms. The van der Waals surface area contributed by atoms with Gasteiger partial charge in [0.25, 0.3) is 0 Å². The minimum atomic E-state index is -0.818. The number of fused-ring (bicyclic) bond motifs is 1. The first kappa shape index (κ1) is 18.2. The highest BCUT2D eigenvalue weighted by atomic mass is 16.4. The van der Waals surface area contributed by atoms with Crippen LogP contribution in [0.15, 0.2) is 18.2 Å². The average Bonchev–Trinajstić information content (AvgIpc) is 2.82. The SMILES string of the molecule is CCN(CC(=O)O)C1CC(NC(=O)Nc2ccc3c(C)n(C)nc3c2)C1. The zero-order valence-corrected chi connectivity index (χ0v) is 15.3. The molecule has 0 aliphatic heterocycles. The highest BCUT2D eigenvalue weighted by Gasteiger charge is 2.34. The molecule has 1 aliphatic carbocycles. The lowest BCUT2D eigenvalue weighted by Gasteiger charge is -2.42. The number of likely N-dealkylation sites (N-methyl/N-ethyl adjacent to an activating group) is 1. The van der Waals surface area contributed by atoms with Crippen molar-refractivity contribution in [2.24, 2.45) is 7.05 Å². The maximum Gasteiger partial charge on any atom is 0.319 e. The lowest BCUT2D eigenvalue weighted by Crippen LogP contribution is -2.55. The van der Waals surface area contributed by atoms with Crippen molar-refractivity contribution in [3.63, 3.8) is 0 Å². The number of carboxylic acids is 1. The number of anilines is 1.